The Morgan fingerprint density at radius 1 is 1.30 bits per heavy atom. The van der Waals surface area contributed by atoms with Gasteiger partial charge in [-0.3, -0.25) is 0 Å². The highest BCUT2D eigenvalue weighted by Gasteiger charge is 2.19. The molecule has 3 rings (SSSR count). The molecule has 1 unspecified atom stereocenters. The zero-order valence-corrected chi connectivity index (χ0v) is 12.5. The van der Waals surface area contributed by atoms with Crippen molar-refractivity contribution in [3.63, 3.8) is 0 Å². The summed E-state index contributed by atoms with van der Waals surface area (Å²) in [6.07, 6.45) is 3.77. The standard InChI is InChI=1S/C15H14ClN3S/c1-19-8-7-17-15(19)14(13-6-3-9-20-13)18-12-5-2-4-11(16)10-12/h2-10,14,18H,1H3. The van der Waals surface area contributed by atoms with E-state index in [1.165, 1.54) is 4.88 Å². The first-order chi connectivity index (χ1) is 9.74. The number of imidazole rings is 1. The zero-order chi connectivity index (χ0) is 13.9. The number of benzene rings is 1. The number of aromatic nitrogens is 2. The fourth-order valence-corrected chi connectivity index (χ4v) is 3.08. The van der Waals surface area contributed by atoms with Crippen LogP contribution < -0.4 is 5.32 Å². The van der Waals surface area contributed by atoms with E-state index >= 15 is 0 Å². The number of rotatable bonds is 4. The molecule has 102 valence electrons. The molecule has 3 nitrogen and oxygen atoms in total. The van der Waals surface area contributed by atoms with Gasteiger partial charge in [-0.1, -0.05) is 23.7 Å². The topological polar surface area (TPSA) is 29.9 Å². The summed E-state index contributed by atoms with van der Waals surface area (Å²) in [4.78, 5) is 5.69. The lowest BCUT2D eigenvalue weighted by atomic mass is 10.2. The van der Waals surface area contributed by atoms with Crippen LogP contribution in [0.4, 0.5) is 5.69 Å². The highest BCUT2D eigenvalue weighted by atomic mass is 35.5. The minimum Gasteiger partial charge on any atom is -0.371 e. The fourth-order valence-electron chi connectivity index (χ4n) is 2.12. The summed E-state index contributed by atoms with van der Waals surface area (Å²) in [5.41, 5.74) is 0.985. The third-order valence-electron chi connectivity index (χ3n) is 3.08. The summed E-state index contributed by atoms with van der Waals surface area (Å²) < 4.78 is 2.03. The third-order valence-corrected chi connectivity index (χ3v) is 4.25. The first kappa shape index (κ1) is 13.2. The van der Waals surface area contributed by atoms with Gasteiger partial charge in [0.2, 0.25) is 0 Å². The summed E-state index contributed by atoms with van der Waals surface area (Å²) in [5, 5.41) is 6.30. The van der Waals surface area contributed by atoms with E-state index in [9.17, 15) is 0 Å². The SMILES string of the molecule is Cn1ccnc1C(Nc1cccc(Cl)c1)c1cccs1. The van der Waals surface area contributed by atoms with Crippen LogP contribution in [0.3, 0.4) is 0 Å². The van der Waals surface area contributed by atoms with Gasteiger partial charge in [0.05, 0.1) is 0 Å². The molecule has 0 saturated heterocycles. The molecule has 2 aromatic heterocycles. The Bertz CT molecular complexity index is 691. The quantitative estimate of drug-likeness (QED) is 0.777. The maximum absolute atomic E-state index is 6.05. The van der Waals surface area contributed by atoms with Gasteiger partial charge in [-0.05, 0) is 29.6 Å². The van der Waals surface area contributed by atoms with Crippen LogP contribution in [0.25, 0.3) is 0 Å². The van der Waals surface area contributed by atoms with Gasteiger partial charge >= 0.3 is 0 Å². The van der Waals surface area contributed by atoms with Gasteiger partial charge in [0, 0.05) is 35.0 Å². The minimum absolute atomic E-state index is 0.0217. The van der Waals surface area contributed by atoms with Gasteiger partial charge in [0.15, 0.2) is 0 Å². The molecule has 1 N–H and O–H groups in total. The fraction of sp³-hybridized carbons (Fsp3) is 0.133. The highest BCUT2D eigenvalue weighted by Crippen LogP contribution is 2.29. The Morgan fingerprint density at radius 3 is 2.85 bits per heavy atom. The molecule has 0 bridgehead atoms. The number of nitrogens with one attached hydrogen (secondary N) is 1. The van der Waals surface area contributed by atoms with E-state index in [-0.39, 0.29) is 6.04 Å². The van der Waals surface area contributed by atoms with Crippen molar-refractivity contribution >= 4 is 28.6 Å². The molecule has 0 aliphatic heterocycles. The van der Waals surface area contributed by atoms with E-state index in [1.807, 2.05) is 48.3 Å². The van der Waals surface area contributed by atoms with Crippen LogP contribution in [-0.2, 0) is 7.05 Å². The minimum atomic E-state index is 0.0217. The molecule has 20 heavy (non-hydrogen) atoms. The second-order valence-corrected chi connectivity index (χ2v) is 5.92. The Balaban J connectivity index is 1.97. The van der Waals surface area contributed by atoms with Crippen molar-refractivity contribution in [2.24, 2.45) is 7.05 Å². The van der Waals surface area contributed by atoms with E-state index in [4.69, 9.17) is 11.6 Å². The molecule has 0 radical (unpaired) electrons. The molecule has 0 fully saturated rings. The maximum Gasteiger partial charge on any atom is 0.136 e. The highest BCUT2D eigenvalue weighted by molar-refractivity contribution is 7.10. The van der Waals surface area contributed by atoms with Crippen molar-refractivity contribution in [1.29, 1.82) is 0 Å². The number of hydrogen-bond donors (Lipinski definition) is 1. The second kappa shape index (κ2) is 5.69. The van der Waals surface area contributed by atoms with Crippen molar-refractivity contribution in [2.45, 2.75) is 6.04 Å². The van der Waals surface area contributed by atoms with Crippen molar-refractivity contribution in [2.75, 3.05) is 5.32 Å². The Kier molecular flexibility index (Phi) is 3.76. The first-order valence-electron chi connectivity index (χ1n) is 6.27. The molecule has 0 amide bonds. The average Bonchev–Trinajstić information content (AvgIpc) is 3.07. The molecule has 0 spiro atoms. The van der Waals surface area contributed by atoms with Gasteiger partial charge in [-0.2, -0.15) is 0 Å². The maximum atomic E-state index is 6.05. The van der Waals surface area contributed by atoms with Gasteiger partial charge in [0.25, 0.3) is 0 Å². The number of nitrogens with zero attached hydrogens (tertiary/aromatic N) is 2. The van der Waals surface area contributed by atoms with E-state index in [0.29, 0.717) is 0 Å². The molecular formula is C15H14ClN3S. The monoisotopic (exact) mass is 303 g/mol. The predicted octanol–water partition coefficient (Wildman–Crippen LogP) is 4.34. The van der Waals surface area contributed by atoms with Crippen LogP contribution in [0.15, 0.2) is 54.2 Å². The Hall–Kier alpha value is -1.78. The largest absolute Gasteiger partial charge is 0.371 e. The molecule has 0 aliphatic rings. The number of thiophene rings is 1. The van der Waals surface area contributed by atoms with Crippen LogP contribution in [0.5, 0.6) is 0 Å². The molecule has 1 aromatic carbocycles. The van der Waals surface area contributed by atoms with Crippen LogP contribution in [0, 0.1) is 0 Å². The lowest BCUT2D eigenvalue weighted by Crippen LogP contribution is -2.15. The number of anilines is 1. The smallest absolute Gasteiger partial charge is 0.136 e. The summed E-state index contributed by atoms with van der Waals surface area (Å²) in [6.45, 7) is 0. The molecule has 0 saturated carbocycles. The van der Waals surface area contributed by atoms with E-state index in [1.54, 1.807) is 11.3 Å². The molecular weight excluding hydrogens is 290 g/mol. The second-order valence-electron chi connectivity index (χ2n) is 4.50. The lowest BCUT2D eigenvalue weighted by molar-refractivity contribution is 0.756. The summed E-state index contributed by atoms with van der Waals surface area (Å²) >= 11 is 7.76. The van der Waals surface area contributed by atoms with E-state index < -0.39 is 0 Å². The number of hydrogen-bond acceptors (Lipinski definition) is 3. The summed E-state index contributed by atoms with van der Waals surface area (Å²) in [5.74, 6) is 0.979. The van der Waals surface area contributed by atoms with Crippen LogP contribution in [0.2, 0.25) is 5.02 Å². The van der Waals surface area contributed by atoms with E-state index in [2.05, 4.69) is 27.8 Å². The lowest BCUT2D eigenvalue weighted by Gasteiger charge is -2.18. The van der Waals surface area contributed by atoms with Crippen molar-refractivity contribution in [3.8, 4) is 0 Å². The van der Waals surface area contributed by atoms with Crippen molar-refractivity contribution < 1.29 is 0 Å². The van der Waals surface area contributed by atoms with E-state index in [0.717, 1.165) is 16.5 Å². The summed E-state index contributed by atoms with van der Waals surface area (Å²) in [6, 6.07) is 11.9. The molecule has 5 heteroatoms. The average molecular weight is 304 g/mol. The molecule has 3 aromatic rings. The predicted molar refractivity (Wildman–Crippen MR) is 84.4 cm³/mol. The van der Waals surface area contributed by atoms with Gasteiger partial charge in [0.1, 0.15) is 11.9 Å². The van der Waals surface area contributed by atoms with Crippen LogP contribution >= 0.6 is 22.9 Å². The van der Waals surface area contributed by atoms with Crippen molar-refractivity contribution in [1.82, 2.24) is 9.55 Å². The third kappa shape index (κ3) is 2.71. The summed E-state index contributed by atoms with van der Waals surface area (Å²) in [7, 11) is 2.00. The first-order valence-corrected chi connectivity index (χ1v) is 7.52. The van der Waals surface area contributed by atoms with Crippen LogP contribution in [0.1, 0.15) is 16.7 Å². The molecule has 0 aliphatic carbocycles. The van der Waals surface area contributed by atoms with Crippen LogP contribution in [-0.4, -0.2) is 9.55 Å². The molecule has 2 heterocycles. The zero-order valence-electron chi connectivity index (χ0n) is 11.0. The van der Waals surface area contributed by atoms with Crippen molar-refractivity contribution in [3.05, 3.63) is 69.9 Å². The Morgan fingerprint density at radius 2 is 2.20 bits per heavy atom. The Labute approximate surface area is 126 Å². The number of aryl methyl sites for hydroxylation is 1. The normalized spacial score (nSPS) is 12.3. The van der Waals surface area contributed by atoms with Gasteiger partial charge < -0.3 is 9.88 Å². The van der Waals surface area contributed by atoms with Gasteiger partial charge in [-0.25, -0.2) is 4.98 Å². The number of halogens is 1. The molecule has 1 atom stereocenters. The van der Waals surface area contributed by atoms with Gasteiger partial charge in [-0.15, -0.1) is 11.3 Å².